The summed E-state index contributed by atoms with van der Waals surface area (Å²) in [6, 6.07) is 6.33. The molecule has 1 aliphatic rings. The minimum Gasteiger partial charge on any atom is -0.483 e. The minimum atomic E-state index is -0.228. The fourth-order valence-corrected chi connectivity index (χ4v) is 2.92. The first-order valence-electron chi connectivity index (χ1n) is 7.85. The van der Waals surface area contributed by atoms with Crippen molar-refractivity contribution in [1.29, 1.82) is 0 Å². The van der Waals surface area contributed by atoms with E-state index in [4.69, 9.17) is 17.0 Å². The molecular formula is C17H24N2O2S. The third-order valence-electron chi connectivity index (χ3n) is 3.90. The Hall–Kier alpha value is -1.62. The first kappa shape index (κ1) is 16.7. The molecule has 0 aromatic heterocycles. The van der Waals surface area contributed by atoms with Crippen LogP contribution in [-0.4, -0.2) is 23.7 Å². The Morgan fingerprint density at radius 2 is 2.00 bits per heavy atom. The van der Waals surface area contributed by atoms with Crippen LogP contribution in [0.3, 0.4) is 0 Å². The van der Waals surface area contributed by atoms with Gasteiger partial charge in [-0.3, -0.25) is 4.79 Å². The lowest BCUT2D eigenvalue weighted by Crippen LogP contribution is -2.46. The SMILES string of the molecule is Cc1ccc(C)c(OCC(=O)NC(=S)NC2CCCCC2)c1. The second-order valence-corrected chi connectivity index (χ2v) is 6.32. The van der Waals surface area contributed by atoms with E-state index in [2.05, 4.69) is 10.6 Å². The molecule has 0 heterocycles. The first-order valence-corrected chi connectivity index (χ1v) is 8.26. The van der Waals surface area contributed by atoms with Crippen LogP contribution in [0, 0.1) is 13.8 Å². The van der Waals surface area contributed by atoms with Crippen LogP contribution < -0.4 is 15.4 Å². The van der Waals surface area contributed by atoms with Crippen molar-refractivity contribution in [2.24, 2.45) is 0 Å². The van der Waals surface area contributed by atoms with Crippen LogP contribution in [-0.2, 0) is 4.79 Å². The largest absolute Gasteiger partial charge is 0.483 e. The van der Waals surface area contributed by atoms with Gasteiger partial charge < -0.3 is 15.4 Å². The zero-order chi connectivity index (χ0) is 15.9. The molecule has 1 fully saturated rings. The first-order chi connectivity index (χ1) is 10.5. The molecule has 120 valence electrons. The molecule has 22 heavy (non-hydrogen) atoms. The number of ether oxygens (including phenoxy) is 1. The Labute approximate surface area is 137 Å². The molecule has 0 aliphatic heterocycles. The highest BCUT2D eigenvalue weighted by atomic mass is 32.1. The number of rotatable bonds is 4. The van der Waals surface area contributed by atoms with E-state index in [1.165, 1.54) is 19.3 Å². The molecule has 2 rings (SSSR count). The van der Waals surface area contributed by atoms with Gasteiger partial charge in [0.1, 0.15) is 5.75 Å². The third-order valence-corrected chi connectivity index (χ3v) is 4.12. The second-order valence-electron chi connectivity index (χ2n) is 5.91. The predicted octanol–water partition coefficient (Wildman–Crippen LogP) is 3.01. The maximum absolute atomic E-state index is 11.9. The van der Waals surface area contributed by atoms with E-state index in [0.29, 0.717) is 11.2 Å². The number of nitrogens with one attached hydrogen (secondary N) is 2. The molecule has 0 saturated heterocycles. The van der Waals surface area contributed by atoms with Crippen LogP contribution in [0.2, 0.25) is 0 Å². The lowest BCUT2D eigenvalue weighted by molar-refractivity contribution is -0.121. The van der Waals surface area contributed by atoms with Gasteiger partial charge in [-0.25, -0.2) is 0 Å². The Balaban J connectivity index is 1.75. The maximum Gasteiger partial charge on any atom is 0.264 e. The van der Waals surface area contributed by atoms with Gasteiger partial charge in [0.25, 0.3) is 5.91 Å². The molecular weight excluding hydrogens is 296 g/mol. The van der Waals surface area contributed by atoms with Crippen LogP contribution in [0.15, 0.2) is 18.2 Å². The number of hydrogen-bond acceptors (Lipinski definition) is 3. The molecule has 0 bridgehead atoms. The van der Waals surface area contributed by atoms with Crippen LogP contribution in [0.4, 0.5) is 0 Å². The Morgan fingerprint density at radius 3 is 2.73 bits per heavy atom. The second kappa shape index (κ2) is 8.13. The van der Waals surface area contributed by atoms with Gasteiger partial charge in [-0.2, -0.15) is 0 Å². The van der Waals surface area contributed by atoms with E-state index in [1.54, 1.807) is 0 Å². The number of amides is 1. The average molecular weight is 320 g/mol. The van der Waals surface area contributed by atoms with Gasteiger partial charge in [-0.05, 0) is 56.1 Å². The highest BCUT2D eigenvalue weighted by molar-refractivity contribution is 7.80. The summed E-state index contributed by atoms with van der Waals surface area (Å²) in [5.74, 6) is 0.510. The van der Waals surface area contributed by atoms with Crippen molar-refractivity contribution in [3.05, 3.63) is 29.3 Å². The fourth-order valence-electron chi connectivity index (χ4n) is 2.64. The quantitative estimate of drug-likeness (QED) is 0.837. The van der Waals surface area contributed by atoms with Crippen molar-refractivity contribution < 1.29 is 9.53 Å². The van der Waals surface area contributed by atoms with Crippen molar-refractivity contribution >= 4 is 23.2 Å². The molecule has 0 unspecified atom stereocenters. The zero-order valence-corrected chi connectivity index (χ0v) is 14.1. The van der Waals surface area contributed by atoms with Gasteiger partial charge in [-0.1, -0.05) is 31.4 Å². The van der Waals surface area contributed by atoms with Crippen molar-refractivity contribution in [1.82, 2.24) is 10.6 Å². The summed E-state index contributed by atoms with van der Waals surface area (Å²) in [6.07, 6.45) is 5.99. The summed E-state index contributed by atoms with van der Waals surface area (Å²) >= 11 is 5.19. The standard InChI is InChI=1S/C17H24N2O2S/c1-12-8-9-13(2)15(10-12)21-11-16(20)19-17(22)18-14-6-4-3-5-7-14/h8-10,14H,3-7,11H2,1-2H3,(H2,18,19,20,22). The van der Waals surface area contributed by atoms with E-state index >= 15 is 0 Å². The molecule has 1 aliphatic carbocycles. The summed E-state index contributed by atoms with van der Waals surface area (Å²) in [4.78, 5) is 11.9. The van der Waals surface area contributed by atoms with Crippen LogP contribution in [0.25, 0.3) is 0 Å². The van der Waals surface area contributed by atoms with Gasteiger partial charge in [0.15, 0.2) is 11.7 Å². The lowest BCUT2D eigenvalue weighted by atomic mass is 9.96. The van der Waals surface area contributed by atoms with E-state index in [-0.39, 0.29) is 12.5 Å². The highest BCUT2D eigenvalue weighted by Gasteiger charge is 2.15. The van der Waals surface area contributed by atoms with Crippen LogP contribution in [0.5, 0.6) is 5.75 Å². The molecule has 1 aromatic rings. The van der Waals surface area contributed by atoms with Crippen molar-refractivity contribution in [2.75, 3.05) is 6.61 Å². The molecule has 1 amide bonds. The van der Waals surface area contributed by atoms with Crippen molar-refractivity contribution in [2.45, 2.75) is 52.0 Å². The number of thiocarbonyl (C=S) groups is 1. The molecule has 0 radical (unpaired) electrons. The zero-order valence-electron chi connectivity index (χ0n) is 13.3. The van der Waals surface area contributed by atoms with E-state index < -0.39 is 0 Å². The molecule has 4 nitrogen and oxygen atoms in total. The number of aryl methyl sites for hydroxylation is 2. The minimum absolute atomic E-state index is 0.0310. The smallest absolute Gasteiger partial charge is 0.264 e. The molecule has 0 spiro atoms. The monoisotopic (exact) mass is 320 g/mol. The van der Waals surface area contributed by atoms with Gasteiger partial charge in [0, 0.05) is 6.04 Å². The normalized spacial score (nSPS) is 15.2. The topological polar surface area (TPSA) is 50.4 Å². The highest BCUT2D eigenvalue weighted by Crippen LogP contribution is 2.19. The van der Waals surface area contributed by atoms with E-state index in [0.717, 1.165) is 29.7 Å². The van der Waals surface area contributed by atoms with Gasteiger partial charge >= 0.3 is 0 Å². The molecule has 2 N–H and O–H groups in total. The molecule has 1 saturated carbocycles. The number of hydrogen-bond donors (Lipinski definition) is 2. The van der Waals surface area contributed by atoms with Crippen molar-refractivity contribution in [3.8, 4) is 5.75 Å². The van der Waals surface area contributed by atoms with E-state index in [1.807, 2.05) is 32.0 Å². The molecule has 5 heteroatoms. The maximum atomic E-state index is 11.9. The average Bonchev–Trinajstić information content (AvgIpc) is 2.49. The summed E-state index contributed by atoms with van der Waals surface area (Å²) < 4.78 is 5.57. The fraction of sp³-hybridized carbons (Fsp3) is 0.529. The third kappa shape index (κ3) is 5.30. The Morgan fingerprint density at radius 1 is 1.27 bits per heavy atom. The molecule has 0 atom stereocenters. The van der Waals surface area contributed by atoms with E-state index in [9.17, 15) is 4.79 Å². The van der Waals surface area contributed by atoms with Gasteiger partial charge in [0.05, 0.1) is 0 Å². The van der Waals surface area contributed by atoms with Crippen LogP contribution in [0.1, 0.15) is 43.2 Å². The predicted molar refractivity (Wildman–Crippen MR) is 92.2 cm³/mol. The number of carbonyl (C=O) groups is 1. The summed E-state index contributed by atoms with van der Waals surface area (Å²) in [5.41, 5.74) is 2.12. The Kier molecular flexibility index (Phi) is 6.19. The number of benzene rings is 1. The van der Waals surface area contributed by atoms with Gasteiger partial charge in [0.2, 0.25) is 0 Å². The molecule has 1 aromatic carbocycles. The van der Waals surface area contributed by atoms with Crippen molar-refractivity contribution in [3.63, 3.8) is 0 Å². The summed E-state index contributed by atoms with van der Waals surface area (Å²) in [7, 11) is 0. The van der Waals surface area contributed by atoms with Gasteiger partial charge in [-0.15, -0.1) is 0 Å². The number of carbonyl (C=O) groups excluding carboxylic acids is 1. The summed E-state index contributed by atoms with van der Waals surface area (Å²) in [6.45, 7) is 3.92. The van der Waals surface area contributed by atoms with Crippen LogP contribution >= 0.6 is 12.2 Å². The Bertz CT molecular complexity index is 539. The summed E-state index contributed by atoms with van der Waals surface area (Å²) in [5, 5.41) is 6.30. The lowest BCUT2D eigenvalue weighted by Gasteiger charge is -2.24.